The van der Waals surface area contributed by atoms with E-state index in [0.717, 1.165) is 23.3 Å². The molecule has 0 aromatic heterocycles. The van der Waals surface area contributed by atoms with Crippen LogP contribution < -0.4 is 10.1 Å². The smallest absolute Gasteiger partial charge is 0.224 e. The first-order chi connectivity index (χ1) is 11.0. The van der Waals surface area contributed by atoms with Gasteiger partial charge in [-0.05, 0) is 48.6 Å². The third-order valence-corrected chi connectivity index (χ3v) is 4.13. The molecule has 2 rings (SSSR count). The van der Waals surface area contributed by atoms with Crippen LogP contribution in [0.25, 0.3) is 0 Å². The highest BCUT2D eigenvalue weighted by Crippen LogP contribution is 2.21. The molecule has 0 aliphatic carbocycles. The van der Waals surface area contributed by atoms with E-state index in [1.807, 2.05) is 37.3 Å². The lowest BCUT2D eigenvalue weighted by atomic mass is 9.99. The Morgan fingerprint density at radius 1 is 1.13 bits per heavy atom. The van der Waals surface area contributed by atoms with Crippen molar-refractivity contribution in [1.82, 2.24) is 5.32 Å². The first-order valence-electron chi connectivity index (χ1n) is 8.03. The number of hydrogen-bond donors (Lipinski definition) is 1. The molecule has 0 saturated heterocycles. The molecule has 23 heavy (non-hydrogen) atoms. The van der Waals surface area contributed by atoms with Crippen molar-refractivity contribution in [2.24, 2.45) is 0 Å². The van der Waals surface area contributed by atoms with Gasteiger partial charge in [0, 0.05) is 0 Å². The second-order valence-electron chi connectivity index (χ2n) is 5.87. The summed E-state index contributed by atoms with van der Waals surface area (Å²) in [6.07, 6.45) is 1.26. The summed E-state index contributed by atoms with van der Waals surface area (Å²) in [5, 5.41) is 3.15. The molecule has 0 radical (unpaired) electrons. The van der Waals surface area contributed by atoms with E-state index >= 15 is 0 Å². The molecule has 0 aliphatic heterocycles. The van der Waals surface area contributed by atoms with Gasteiger partial charge in [-0.25, -0.2) is 0 Å². The topological polar surface area (TPSA) is 38.3 Å². The molecule has 0 unspecified atom stereocenters. The van der Waals surface area contributed by atoms with Gasteiger partial charge in [-0.1, -0.05) is 43.3 Å². The molecule has 2 aromatic rings. The van der Waals surface area contributed by atoms with E-state index in [-0.39, 0.29) is 11.9 Å². The lowest BCUT2D eigenvalue weighted by Gasteiger charge is -2.19. The minimum Gasteiger partial charge on any atom is -0.496 e. The van der Waals surface area contributed by atoms with Crippen LogP contribution in [0.5, 0.6) is 5.75 Å². The second kappa shape index (κ2) is 7.82. The molecule has 0 bridgehead atoms. The van der Waals surface area contributed by atoms with Crippen molar-refractivity contribution in [3.8, 4) is 5.75 Å². The Morgan fingerprint density at radius 2 is 1.87 bits per heavy atom. The molecule has 0 fully saturated rings. The normalized spacial score (nSPS) is 11.8. The summed E-state index contributed by atoms with van der Waals surface area (Å²) in [7, 11) is 1.66. The lowest BCUT2D eigenvalue weighted by Crippen LogP contribution is -2.29. The Morgan fingerprint density at radius 3 is 2.48 bits per heavy atom. The van der Waals surface area contributed by atoms with Gasteiger partial charge in [0.15, 0.2) is 0 Å². The third kappa shape index (κ3) is 4.35. The fraction of sp³-hybridized carbons (Fsp3) is 0.350. The van der Waals surface area contributed by atoms with Gasteiger partial charge in [0.05, 0.1) is 19.6 Å². The standard InChI is InChI=1S/C20H25NO2/c1-5-18(17-9-7-6-8-14(17)2)21-20(22)13-16-10-11-19(23-4)15(3)12-16/h6-12,18H,5,13H2,1-4H3,(H,21,22)/t18-/m1/s1. The number of nitrogens with one attached hydrogen (secondary N) is 1. The van der Waals surface area contributed by atoms with Crippen molar-refractivity contribution in [1.29, 1.82) is 0 Å². The molecule has 3 nitrogen and oxygen atoms in total. The van der Waals surface area contributed by atoms with Crippen LogP contribution in [0.1, 0.15) is 41.6 Å². The third-order valence-electron chi connectivity index (χ3n) is 4.13. The van der Waals surface area contributed by atoms with Crippen LogP contribution in [-0.4, -0.2) is 13.0 Å². The number of methoxy groups -OCH3 is 1. The Bertz CT molecular complexity index is 679. The van der Waals surface area contributed by atoms with Crippen molar-refractivity contribution >= 4 is 5.91 Å². The van der Waals surface area contributed by atoms with E-state index in [1.54, 1.807) is 7.11 Å². The number of ether oxygens (including phenoxy) is 1. The number of carbonyl (C=O) groups excluding carboxylic acids is 1. The number of rotatable bonds is 6. The average Bonchev–Trinajstić information content (AvgIpc) is 2.53. The van der Waals surface area contributed by atoms with Crippen LogP contribution in [0, 0.1) is 13.8 Å². The van der Waals surface area contributed by atoms with Crippen LogP contribution in [0.15, 0.2) is 42.5 Å². The average molecular weight is 311 g/mol. The number of amides is 1. The summed E-state index contributed by atoms with van der Waals surface area (Å²) in [4.78, 5) is 12.4. The zero-order valence-electron chi connectivity index (χ0n) is 14.3. The molecule has 122 valence electrons. The summed E-state index contributed by atoms with van der Waals surface area (Å²) in [6, 6.07) is 14.1. The molecule has 3 heteroatoms. The first kappa shape index (κ1) is 17.1. The number of aryl methyl sites for hydroxylation is 2. The zero-order valence-corrected chi connectivity index (χ0v) is 14.3. The summed E-state index contributed by atoms with van der Waals surface area (Å²) in [5.41, 5.74) is 4.44. The van der Waals surface area contributed by atoms with Crippen molar-refractivity contribution in [2.75, 3.05) is 7.11 Å². The predicted molar refractivity (Wildman–Crippen MR) is 93.8 cm³/mol. The Labute approximate surface area is 138 Å². The summed E-state index contributed by atoms with van der Waals surface area (Å²) in [5.74, 6) is 0.894. The minimum atomic E-state index is 0.0460. The molecular formula is C20H25NO2. The largest absolute Gasteiger partial charge is 0.496 e. The fourth-order valence-corrected chi connectivity index (χ4v) is 2.86. The van der Waals surface area contributed by atoms with E-state index in [4.69, 9.17) is 4.74 Å². The zero-order chi connectivity index (χ0) is 16.8. The Hall–Kier alpha value is -2.29. The summed E-state index contributed by atoms with van der Waals surface area (Å²) >= 11 is 0. The van der Waals surface area contributed by atoms with Crippen molar-refractivity contribution < 1.29 is 9.53 Å². The Balaban J connectivity index is 2.06. The lowest BCUT2D eigenvalue weighted by molar-refractivity contribution is -0.121. The van der Waals surface area contributed by atoms with Gasteiger partial charge < -0.3 is 10.1 Å². The molecule has 1 atom stereocenters. The predicted octanol–water partition coefficient (Wildman–Crippen LogP) is 4.12. The highest BCUT2D eigenvalue weighted by molar-refractivity contribution is 5.79. The fourth-order valence-electron chi connectivity index (χ4n) is 2.86. The molecule has 2 aromatic carbocycles. The SMILES string of the molecule is CC[C@@H](NC(=O)Cc1ccc(OC)c(C)c1)c1ccccc1C. The van der Waals surface area contributed by atoms with Crippen molar-refractivity contribution in [3.63, 3.8) is 0 Å². The van der Waals surface area contributed by atoms with Crippen LogP contribution >= 0.6 is 0 Å². The van der Waals surface area contributed by atoms with Crippen molar-refractivity contribution in [3.05, 3.63) is 64.7 Å². The summed E-state index contributed by atoms with van der Waals surface area (Å²) < 4.78 is 5.26. The first-order valence-corrected chi connectivity index (χ1v) is 8.03. The number of carbonyl (C=O) groups is 1. The van der Waals surface area contributed by atoms with E-state index in [9.17, 15) is 4.79 Å². The molecule has 0 aliphatic rings. The molecule has 0 heterocycles. The van der Waals surface area contributed by atoms with Gasteiger partial charge in [-0.15, -0.1) is 0 Å². The van der Waals surface area contributed by atoms with E-state index < -0.39 is 0 Å². The van der Waals surface area contributed by atoms with Gasteiger partial charge in [0.1, 0.15) is 5.75 Å². The molecule has 0 saturated carbocycles. The monoisotopic (exact) mass is 311 g/mol. The summed E-state index contributed by atoms with van der Waals surface area (Å²) in [6.45, 7) is 6.16. The van der Waals surface area contributed by atoms with E-state index in [2.05, 4.69) is 31.3 Å². The van der Waals surface area contributed by atoms with Gasteiger partial charge in [0.2, 0.25) is 5.91 Å². The minimum absolute atomic E-state index is 0.0460. The maximum atomic E-state index is 12.4. The maximum Gasteiger partial charge on any atom is 0.224 e. The Kier molecular flexibility index (Phi) is 5.80. The van der Waals surface area contributed by atoms with Crippen LogP contribution in [0.3, 0.4) is 0 Å². The highest BCUT2D eigenvalue weighted by Gasteiger charge is 2.15. The van der Waals surface area contributed by atoms with Gasteiger partial charge in [0.25, 0.3) is 0 Å². The second-order valence-corrected chi connectivity index (χ2v) is 5.87. The number of hydrogen-bond acceptors (Lipinski definition) is 2. The maximum absolute atomic E-state index is 12.4. The van der Waals surface area contributed by atoms with Gasteiger partial charge in [-0.2, -0.15) is 0 Å². The quantitative estimate of drug-likeness (QED) is 0.871. The van der Waals surface area contributed by atoms with Crippen LogP contribution in [0.2, 0.25) is 0 Å². The van der Waals surface area contributed by atoms with Crippen LogP contribution in [-0.2, 0) is 11.2 Å². The van der Waals surface area contributed by atoms with Gasteiger partial charge in [-0.3, -0.25) is 4.79 Å². The molecule has 1 N–H and O–H groups in total. The van der Waals surface area contributed by atoms with Crippen molar-refractivity contribution in [2.45, 2.75) is 39.7 Å². The highest BCUT2D eigenvalue weighted by atomic mass is 16.5. The molecule has 0 spiro atoms. The number of benzene rings is 2. The van der Waals surface area contributed by atoms with Gasteiger partial charge >= 0.3 is 0 Å². The van der Waals surface area contributed by atoms with E-state index in [0.29, 0.717) is 6.42 Å². The molecule has 1 amide bonds. The molecular weight excluding hydrogens is 286 g/mol. The van der Waals surface area contributed by atoms with E-state index in [1.165, 1.54) is 11.1 Å². The van der Waals surface area contributed by atoms with Crippen LogP contribution in [0.4, 0.5) is 0 Å².